The fraction of sp³-hybridized carbons (Fsp3) is 0.167. The van der Waals surface area contributed by atoms with Crippen LogP contribution in [0, 0.1) is 0 Å². The van der Waals surface area contributed by atoms with E-state index in [2.05, 4.69) is 15.2 Å². The number of nitrogens with zero attached hydrogens (tertiary/aromatic N) is 3. The number of pyridine rings is 1. The van der Waals surface area contributed by atoms with E-state index >= 15 is 0 Å². The van der Waals surface area contributed by atoms with Crippen molar-refractivity contribution in [3.8, 4) is 0 Å². The molecule has 2 aromatic heterocycles. The summed E-state index contributed by atoms with van der Waals surface area (Å²) in [6.07, 6.45) is 4.44. The van der Waals surface area contributed by atoms with E-state index in [-0.39, 0.29) is 5.56 Å². The number of amides is 1. The maximum atomic E-state index is 13.0. The number of nitrogens with one attached hydrogen (secondary N) is 1. The summed E-state index contributed by atoms with van der Waals surface area (Å²) in [7, 11) is -3.67. The summed E-state index contributed by atoms with van der Waals surface area (Å²) in [5.74, 6) is -0.421. The van der Waals surface area contributed by atoms with Crippen LogP contribution in [0.15, 0.2) is 71.8 Å². The second-order valence-corrected chi connectivity index (χ2v) is 9.70. The predicted octanol–water partition coefficient (Wildman–Crippen LogP) is 2.30. The quantitative estimate of drug-likeness (QED) is 0.367. The van der Waals surface area contributed by atoms with Gasteiger partial charge < -0.3 is 5.11 Å². The van der Waals surface area contributed by atoms with Crippen LogP contribution in [0.3, 0.4) is 0 Å². The van der Waals surface area contributed by atoms with Gasteiger partial charge in [0.05, 0.1) is 34.9 Å². The number of para-hydroxylation sites is 1. The molecule has 10 nitrogen and oxygen atoms in total. The van der Waals surface area contributed by atoms with Crippen LogP contribution in [0.2, 0.25) is 0 Å². The Morgan fingerprint density at radius 2 is 1.66 bits per heavy atom. The average Bonchev–Trinajstić information content (AvgIpc) is 3.01. The lowest BCUT2D eigenvalue weighted by molar-refractivity contribution is -0.133. The van der Waals surface area contributed by atoms with Gasteiger partial charge in [0.25, 0.3) is 21.6 Å². The van der Waals surface area contributed by atoms with Crippen LogP contribution in [0.1, 0.15) is 23.7 Å². The molecule has 0 saturated carbocycles. The van der Waals surface area contributed by atoms with E-state index in [9.17, 15) is 23.1 Å². The number of rotatable bonds is 3. The molecule has 1 aliphatic heterocycles. The summed E-state index contributed by atoms with van der Waals surface area (Å²) in [5, 5.41) is 18.8. The Morgan fingerprint density at radius 1 is 1.03 bits per heavy atom. The van der Waals surface area contributed by atoms with Gasteiger partial charge in [-0.1, -0.05) is 36.4 Å². The lowest BCUT2D eigenvalue weighted by atomic mass is 9.98. The van der Waals surface area contributed by atoms with E-state index in [0.29, 0.717) is 40.7 Å². The third-order valence-corrected chi connectivity index (χ3v) is 5.47. The van der Waals surface area contributed by atoms with Crippen molar-refractivity contribution in [1.82, 2.24) is 15.2 Å². The summed E-state index contributed by atoms with van der Waals surface area (Å²) in [6.45, 7) is 1.50. The van der Waals surface area contributed by atoms with Gasteiger partial charge >= 0.3 is 0 Å². The van der Waals surface area contributed by atoms with Gasteiger partial charge in [-0.15, -0.1) is 0 Å². The fourth-order valence-corrected chi connectivity index (χ4v) is 3.97. The van der Waals surface area contributed by atoms with E-state index in [1.807, 2.05) is 30.3 Å². The van der Waals surface area contributed by atoms with Crippen LogP contribution in [0.25, 0.3) is 10.8 Å². The minimum absolute atomic E-state index is 0.234. The topological polar surface area (TPSA) is 154 Å². The Balaban J connectivity index is 0.000000527. The number of fused-ring (bicyclic) bond motifs is 2. The highest BCUT2D eigenvalue weighted by Crippen LogP contribution is 2.43. The molecule has 35 heavy (non-hydrogen) atoms. The number of aromatic nitrogens is 3. The minimum atomic E-state index is -3.67. The first kappa shape index (κ1) is 24.2. The van der Waals surface area contributed by atoms with Crippen LogP contribution >= 0.6 is 0 Å². The second kappa shape index (κ2) is 9.02. The molecule has 180 valence electrons. The summed E-state index contributed by atoms with van der Waals surface area (Å²) >= 11 is 0. The molecule has 0 aliphatic carbocycles. The van der Waals surface area contributed by atoms with Crippen LogP contribution in [-0.4, -0.2) is 45.4 Å². The number of aromatic amines is 1. The molecule has 0 unspecified atom stereocenters. The molecule has 1 atom stereocenters. The number of carbonyl (C=O) groups excluding carboxylic acids is 1. The molecule has 2 aromatic carbocycles. The third-order valence-electron chi connectivity index (χ3n) is 5.47. The molecule has 0 saturated heterocycles. The first-order chi connectivity index (χ1) is 16.5. The van der Waals surface area contributed by atoms with Gasteiger partial charge in [0.1, 0.15) is 0 Å². The van der Waals surface area contributed by atoms with Crippen molar-refractivity contribution in [2.24, 2.45) is 0 Å². The number of benzene rings is 2. The SMILES string of the molecule is CS(=O)(=O)O.C[C@]1(O)C(=O)N(c2cncc(Cc3n[nH]c(=O)c4ccccc34)c2)c2ccccc21. The van der Waals surface area contributed by atoms with Crippen molar-refractivity contribution in [1.29, 1.82) is 0 Å². The average molecular weight is 495 g/mol. The normalized spacial score (nSPS) is 17.1. The molecule has 4 aromatic rings. The lowest BCUT2D eigenvalue weighted by Gasteiger charge is -2.20. The van der Waals surface area contributed by atoms with Crippen molar-refractivity contribution in [3.63, 3.8) is 0 Å². The summed E-state index contributed by atoms with van der Waals surface area (Å²) in [6, 6.07) is 16.3. The van der Waals surface area contributed by atoms with Gasteiger partial charge in [-0.2, -0.15) is 13.5 Å². The summed E-state index contributed by atoms with van der Waals surface area (Å²) in [5.41, 5.74) is 1.48. The van der Waals surface area contributed by atoms with Crippen molar-refractivity contribution in [2.75, 3.05) is 11.2 Å². The number of hydrogen-bond donors (Lipinski definition) is 3. The smallest absolute Gasteiger partial charge is 0.272 e. The van der Waals surface area contributed by atoms with Gasteiger partial charge in [-0.05, 0) is 30.7 Å². The molecule has 11 heteroatoms. The van der Waals surface area contributed by atoms with Crippen molar-refractivity contribution >= 4 is 38.2 Å². The third kappa shape index (κ3) is 4.97. The summed E-state index contributed by atoms with van der Waals surface area (Å²) < 4.78 is 25.9. The largest absolute Gasteiger partial charge is 0.375 e. The number of aliphatic hydroxyl groups is 1. The monoisotopic (exact) mass is 494 g/mol. The first-order valence-corrected chi connectivity index (χ1v) is 12.3. The van der Waals surface area contributed by atoms with Crippen LogP contribution < -0.4 is 10.5 Å². The molecular formula is C24H22N4O6S. The number of anilines is 2. The molecule has 1 aliphatic rings. The highest BCUT2D eigenvalue weighted by Gasteiger charge is 2.46. The van der Waals surface area contributed by atoms with Crippen LogP contribution in [0.5, 0.6) is 0 Å². The Kier molecular flexibility index (Phi) is 6.24. The van der Waals surface area contributed by atoms with Gasteiger partial charge in [0.2, 0.25) is 0 Å². The maximum Gasteiger partial charge on any atom is 0.272 e. The van der Waals surface area contributed by atoms with Gasteiger partial charge in [-0.3, -0.25) is 24.0 Å². The molecular weight excluding hydrogens is 472 g/mol. The Morgan fingerprint density at radius 3 is 2.37 bits per heavy atom. The van der Waals surface area contributed by atoms with Crippen molar-refractivity contribution in [3.05, 3.63) is 94.2 Å². The van der Waals surface area contributed by atoms with Gasteiger partial charge in [0.15, 0.2) is 5.60 Å². The zero-order chi connectivity index (χ0) is 25.4. The van der Waals surface area contributed by atoms with E-state index in [1.165, 1.54) is 11.8 Å². The molecule has 0 radical (unpaired) electrons. The molecule has 0 bridgehead atoms. The Hall–Kier alpha value is -3.93. The summed E-state index contributed by atoms with van der Waals surface area (Å²) in [4.78, 5) is 30.8. The van der Waals surface area contributed by atoms with Gasteiger partial charge in [0, 0.05) is 23.6 Å². The van der Waals surface area contributed by atoms with Crippen molar-refractivity contribution < 1.29 is 22.9 Å². The lowest BCUT2D eigenvalue weighted by Crippen LogP contribution is -2.35. The second-order valence-electron chi connectivity index (χ2n) is 8.24. The molecule has 0 fully saturated rings. The zero-order valence-electron chi connectivity index (χ0n) is 18.8. The maximum absolute atomic E-state index is 13.0. The van der Waals surface area contributed by atoms with E-state index in [0.717, 1.165) is 10.9 Å². The molecule has 3 N–H and O–H groups in total. The first-order valence-electron chi connectivity index (χ1n) is 10.5. The van der Waals surface area contributed by atoms with E-state index < -0.39 is 21.6 Å². The van der Waals surface area contributed by atoms with Gasteiger partial charge in [-0.25, -0.2) is 5.10 Å². The Labute approximate surface area is 200 Å². The number of H-pyrrole nitrogens is 1. The van der Waals surface area contributed by atoms with E-state index in [4.69, 9.17) is 4.55 Å². The fourth-order valence-electron chi connectivity index (χ4n) is 3.97. The van der Waals surface area contributed by atoms with Crippen molar-refractivity contribution in [2.45, 2.75) is 18.9 Å². The highest BCUT2D eigenvalue weighted by atomic mass is 32.2. The Bertz CT molecular complexity index is 1590. The number of carbonyl (C=O) groups is 1. The molecule has 0 spiro atoms. The van der Waals surface area contributed by atoms with Crippen LogP contribution in [0.4, 0.5) is 11.4 Å². The van der Waals surface area contributed by atoms with E-state index in [1.54, 1.807) is 36.7 Å². The standard InChI is InChI=1S/C23H18N4O3.CH4O3S/c1-23(30)18-8-4-5-9-20(18)27(22(23)29)15-10-14(12-24-13-15)11-19-16-6-2-3-7-17(16)21(28)26-25-19;1-5(2,3)4/h2-10,12-13,30H,11H2,1H3,(H,26,28);1H3,(H,2,3,4)/t23-;/m1./s1. The molecule has 5 rings (SSSR count). The minimum Gasteiger partial charge on any atom is -0.375 e. The zero-order valence-corrected chi connectivity index (χ0v) is 19.7. The highest BCUT2D eigenvalue weighted by molar-refractivity contribution is 7.85. The number of hydrogen-bond acceptors (Lipinski definition) is 7. The molecule has 3 heterocycles. The predicted molar refractivity (Wildman–Crippen MR) is 130 cm³/mol. The molecule has 1 amide bonds. The van der Waals surface area contributed by atoms with Crippen LogP contribution in [-0.2, 0) is 26.9 Å².